The molecule has 6 nitrogen and oxygen atoms in total. The van der Waals surface area contributed by atoms with Crippen molar-refractivity contribution in [1.29, 1.82) is 0 Å². The monoisotopic (exact) mass is 313 g/mol. The van der Waals surface area contributed by atoms with Gasteiger partial charge in [0.1, 0.15) is 0 Å². The highest BCUT2D eigenvalue weighted by Crippen LogP contribution is 2.10. The van der Waals surface area contributed by atoms with Gasteiger partial charge in [-0.3, -0.25) is 4.79 Å². The number of hydrogen-bond acceptors (Lipinski definition) is 4. The van der Waals surface area contributed by atoms with Crippen molar-refractivity contribution in [3.63, 3.8) is 0 Å². The van der Waals surface area contributed by atoms with E-state index in [9.17, 15) is 13.2 Å². The Morgan fingerprint density at radius 3 is 2.33 bits per heavy atom. The summed E-state index contributed by atoms with van der Waals surface area (Å²) >= 11 is 0. The lowest BCUT2D eigenvalue weighted by atomic mass is 10.2. The quantitative estimate of drug-likeness (QED) is 0.650. The molecule has 1 amide bonds. The third-order valence-electron chi connectivity index (χ3n) is 2.95. The highest BCUT2D eigenvalue weighted by Gasteiger charge is 2.14. The average Bonchev–Trinajstić information content (AvgIpc) is 2.44. The molecule has 0 aliphatic carbocycles. The van der Waals surface area contributed by atoms with E-state index < -0.39 is 10.0 Å². The molecule has 0 bridgehead atoms. The standard InChI is InChI=1S/C14H23N3O3S/c1-11(8-15-3)9-17-21(19,20)14-6-4-13(5-7-14)10-16-12(2)18/h4-7,11,15,17H,8-10H2,1-3H3,(H,16,18). The summed E-state index contributed by atoms with van der Waals surface area (Å²) in [7, 11) is -1.65. The molecule has 1 unspecified atom stereocenters. The molecular weight excluding hydrogens is 290 g/mol. The molecule has 0 fully saturated rings. The van der Waals surface area contributed by atoms with E-state index in [2.05, 4.69) is 15.4 Å². The summed E-state index contributed by atoms with van der Waals surface area (Å²) in [5, 5.41) is 5.67. The maximum Gasteiger partial charge on any atom is 0.240 e. The number of benzene rings is 1. The van der Waals surface area contributed by atoms with Crippen molar-refractivity contribution in [2.75, 3.05) is 20.1 Å². The molecule has 3 N–H and O–H groups in total. The van der Waals surface area contributed by atoms with Gasteiger partial charge < -0.3 is 10.6 Å². The van der Waals surface area contributed by atoms with E-state index in [1.807, 2.05) is 14.0 Å². The molecule has 0 radical (unpaired) electrons. The fraction of sp³-hybridized carbons (Fsp3) is 0.500. The molecule has 0 aliphatic rings. The van der Waals surface area contributed by atoms with Gasteiger partial charge in [-0.05, 0) is 37.2 Å². The number of nitrogens with one attached hydrogen (secondary N) is 3. The lowest BCUT2D eigenvalue weighted by Crippen LogP contribution is -2.32. The van der Waals surface area contributed by atoms with Gasteiger partial charge in [-0.15, -0.1) is 0 Å². The van der Waals surface area contributed by atoms with Crippen LogP contribution in [-0.2, 0) is 21.4 Å². The third-order valence-corrected chi connectivity index (χ3v) is 4.39. The maximum atomic E-state index is 12.1. The van der Waals surface area contributed by atoms with Crippen LogP contribution < -0.4 is 15.4 Å². The summed E-state index contributed by atoms with van der Waals surface area (Å²) in [5.74, 6) is 0.0932. The van der Waals surface area contributed by atoms with E-state index in [-0.39, 0.29) is 16.7 Å². The summed E-state index contributed by atoms with van der Waals surface area (Å²) in [4.78, 5) is 11.1. The first-order chi connectivity index (χ1) is 9.85. The first-order valence-electron chi connectivity index (χ1n) is 6.83. The second-order valence-electron chi connectivity index (χ2n) is 5.07. The lowest BCUT2D eigenvalue weighted by Gasteiger charge is -2.12. The number of sulfonamides is 1. The first-order valence-corrected chi connectivity index (χ1v) is 8.31. The molecule has 0 heterocycles. The predicted octanol–water partition coefficient (Wildman–Crippen LogP) is 0.457. The topological polar surface area (TPSA) is 87.3 Å². The predicted molar refractivity (Wildman–Crippen MR) is 82.2 cm³/mol. The molecule has 1 atom stereocenters. The van der Waals surface area contributed by atoms with Gasteiger partial charge in [0.15, 0.2) is 0 Å². The summed E-state index contributed by atoms with van der Waals surface area (Å²) in [5.41, 5.74) is 0.854. The van der Waals surface area contributed by atoms with Gasteiger partial charge in [0, 0.05) is 20.0 Å². The minimum Gasteiger partial charge on any atom is -0.352 e. The Morgan fingerprint density at radius 1 is 1.19 bits per heavy atom. The zero-order valence-corrected chi connectivity index (χ0v) is 13.5. The second-order valence-corrected chi connectivity index (χ2v) is 6.84. The maximum absolute atomic E-state index is 12.1. The first kappa shape index (κ1) is 17.6. The van der Waals surface area contributed by atoms with Crippen LogP contribution in [0.5, 0.6) is 0 Å². The van der Waals surface area contributed by atoms with E-state index in [1.165, 1.54) is 6.92 Å². The van der Waals surface area contributed by atoms with Crippen LogP contribution >= 0.6 is 0 Å². The normalized spacial score (nSPS) is 12.9. The third kappa shape index (κ3) is 6.24. The second kappa shape index (κ2) is 8.11. The molecule has 0 aromatic heterocycles. The Labute approximate surface area is 126 Å². The fourth-order valence-corrected chi connectivity index (χ4v) is 2.93. The van der Waals surface area contributed by atoms with Gasteiger partial charge in [-0.25, -0.2) is 13.1 Å². The van der Waals surface area contributed by atoms with Gasteiger partial charge in [0.2, 0.25) is 15.9 Å². The zero-order chi connectivity index (χ0) is 15.9. The van der Waals surface area contributed by atoms with Crippen LogP contribution in [0.1, 0.15) is 19.4 Å². The smallest absolute Gasteiger partial charge is 0.240 e. The Balaban J connectivity index is 2.64. The number of carbonyl (C=O) groups excluding carboxylic acids is 1. The molecule has 1 aromatic carbocycles. The molecule has 0 spiro atoms. The number of carbonyl (C=O) groups is 1. The summed E-state index contributed by atoms with van der Waals surface area (Å²) in [6.45, 7) is 4.93. The molecule has 7 heteroatoms. The molecule has 0 saturated carbocycles. The minimum atomic E-state index is -3.49. The average molecular weight is 313 g/mol. The number of amides is 1. The molecule has 1 aromatic rings. The van der Waals surface area contributed by atoms with Gasteiger partial charge in [-0.1, -0.05) is 19.1 Å². The van der Waals surface area contributed by atoms with Gasteiger partial charge in [0.05, 0.1) is 4.90 Å². The molecule has 0 saturated heterocycles. The van der Waals surface area contributed by atoms with Crippen LogP contribution in [0, 0.1) is 5.92 Å². The van der Waals surface area contributed by atoms with Crippen molar-refractivity contribution >= 4 is 15.9 Å². The molecule has 0 aliphatic heterocycles. The van der Waals surface area contributed by atoms with Crippen molar-refractivity contribution in [1.82, 2.24) is 15.4 Å². The van der Waals surface area contributed by atoms with Crippen LogP contribution in [0.15, 0.2) is 29.2 Å². The van der Waals surface area contributed by atoms with E-state index in [0.717, 1.165) is 12.1 Å². The number of hydrogen-bond donors (Lipinski definition) is 3. The minimum absolute atomic E-state index is 0.119. The molecule has 21 heavy (non-hydrogen) atoms. The Morgan fingerprint density at radius 2 is 1.81 bits per heavy atom. The fourth-order valence-electron chi connectivity index (χ4n) is 1.77. The van der Waals surface area contributed by atoms with E-state index in [4.69, 9.17) is 0 Å². The van der Waals surface area contributed by atoms with E-state index in [0.29, 0.717) is 13.1 Å². The summed E-state index contributed by atoms with van der Waals surface area (Å²) < 4.78 is 26.8. The Kier molecular flexibility index (Phi) is 6.80. The van der Waals surface area contributed by atoms with Crippen molar-refractivity contribution in [2.45, 2.75) is 25.3 Å². The summed E-state index contributed by atoms with van der Waals surface area (Å²) in [6.07, 6.45) is 0. The molecular formula is C14H23N3O3S. The highest BCUT2D eigenvalue weighted by molar-refractivity contribution is 7.89. The van der Waals surface area contributed by atoms with Crippen LogP contribution in [0.3, 0.4) is 0 Å². The van der Waals surface area contributed by atoms with Gasteiger partial charge in [-0.2, -0.15) is 0 Å². The van der Waals surface area contributed by atoms with Gasteiger partial charge >= 0.3 is 0 Å². The van der Waals surface area contributed by atoms with Gasteiger partial charge in [0.25, 0.3) is 0 Å². The van der Waals surface area contributed by atoms with E-state index in [1.54, 1.807) is 24.3 Å². The lowest BCUT2D eigenvalue weighted by molar-refractivity contribution is -0.119. The van der Waals surface area contributed by atoms with Crippen molar-refractivity contribution < 1.29 is 13.2 Å². The SMILES string of the molecule is CNCC(C)CNS(=O)(=O)c1ccc(CNC(C)=O)cc1. The van der Waals surface area contributed by atoms with Crippen molar-refractivity contribution in [3.05, 3.63) is 29.8 Å². The molecule has 118 valence electrons. The largest absolute Gasteiger partial charge is 0.352 e. The van der Waals surface area contributed by atoms with Crippen LogP contribution in [0.4, 0.5) is 0 Å². The highest BCUT2D eigenvalue weighted by atomic mass is 32.2. The van der Waals surface area contributed by atoms with Crippen LogP contribution in [0.25, 0.3) is 0 Å². The molecule has 1 rings (SSSR count). The van der Waals surface area contributed by atoms with Crippen molar-refractivity contribution in [2.24, 2.45) is 5.92 Å². The Hall–Kier alpha value is -1.44. The van der Waals surface area contributed by atoms with Crippen LogP contribution in [0.2, 0.25) is 0 Å². The van der Waals surface area contributed by atoms with Crippen molar-refractivity contribution in [3.8, 4) is 0 Å². The van der Waals surface area contributed by atoms with Crippen LogP contribution in [-0.4, -0.2) is 34.5 Å². The number of rotatable bonds is 8. The Bertz CT molecular complexity index is 555. The summed E-state index contributed by atoms with van der Waals surface area (Å²) in [6, 6.07) is 6.48. The zero-order valence-electron chi connectivity index (χ0n) is 12.6. The van der Waals surface area contributed by atoms with E-state index >= 15 is 0 Å².